The second-order valence-electron chi connectivity index (χ2n) is 5.12. The van der Waals surface area contributed by atoms with Gasteiger partial charge in [0.1, 0.15) is 0 Å². The molecule has 0 fully saturated rings. The van der Waals surface area contributed by atoms with Gasteiger partial charge in [0.2, 0.25) is 0 Å². The maximum atomic E-state index is 12.3. The predicted octanol–water partition coefficient (Wildman–Crippen LogP) is 2.40. The second-order valence-corrected chi connectivity index (χ2v) is 5.53. The molecule has 116 valence electrons. The van der Waals surface area contributed by atoms with Crippen LogP contribution in [0.1, 0.15) is 31.1 Å². The van der Waals surface area contributed by atoms with E-state index in [1.165, 1.54) is 31.3 Å². The first-order valence-electron chi connectivity index (χ1n) is 6.71. The summed E-state index contributed by atoms with van der Waals surface area (Å²) in [5, 5.41) is 3.00. The van der Waals surface area contributed by atoms with Gasteiger partial charge < -0.3 is 11.1 Å². The number of nitrogens with zero attached hydrogens (tertiary/aromatic N) is 1. The van der Waals surface area contributed by atoms with Gasteiger partial charge in [-0.2, -0.15) is 0 Å². The van der Waals surface area contributed by atoms with Crippen molar-refractivity contribution in [2.24, 2.45) is 0 Å². The number of halogens is 1. The van der Waals surface area contributed by atoms with Crippen molar-refractivity contribution in [1.29, 1.82) is 0 Å². The molecule has 3 rings (SSSR count). The Morgan fingerprint density at radius 1 is 1.09 bits per heavy atom. The number of carbonyl (C=O) groups excluding carboxylic acids is 3. The van der Waals surface area contributed by atoms with E-state index < -0.39 is 11.8 Å². The van der Waals surface area contributed by atoms with Crippen LogP contribution in [0.5, 0.6) is 0 Å². The highest BCUT2D eigenvalue weighted by molar-refractivity contribution is 6.33. The number of hydrogen-bond acceptors (Lipinski definition) is 4. The summed E-state index contributed by atoms with van der Waals surface area (Å²) in [7, 11) is 1.40. The average Bonchev–Trinajstić information content (AvgIpc) is 2.75. The zero-order valence-corrected chi connectivity index (χ0v) is 12.8. The first kappa shape index (κ1) is 15.1. The minimum Gasteiger partial charge on any atom is -0.398 e. The largest absolute Gasteiger partial charge is 0.398 e. The lowest BCUT2D eigenvalue weighted by atomic mass is 10.1. The summed E-state index contributed by atoms with van der Waals surface area (Å²) in [5.74, 6) is -1.21. The number of nitrogens with one attached hydrogen (secondary N) is 1. The molecule has 1 aliphatic rings. The van der Waals surface area contributed by atoms with Crippen LogP contribution in [0.3, 0.4) is 0 Å². The van der Waals surface area contributed by atoms with E-state index in [2.05, 4.69) is 5.32 Å². The van der Waals surface area contributed by atoms with E-state index in [4.69, 9.17) is 17.3 Å². The van der Waals surface area contributed by atoms with Crippen LogP contribution in [0, 0.1) is 0 Å². The van der Waals surface area contributed by atoms with Gasteiger partial charge in [0.25, 0.3) is 17.7 Å². The monoisotopic (exact) mass is 329 g/mol. The summed E-state index contributed by atoms with van der Waals surface area (Å²) in [6.45, 7) is 0. The number of nitrogens with two attached hydrogens (primary N) is 1. The van der Waals surface area contributed by atoms with Crippen LogP contribution in [-0.4, -0.2) is 29.7 Å². The Labute approximate surface area is 136 Å². The number of benzene rings is 2. The lowest BCUT2D eigenvalue weighted by molar-refractivity contribution is 0.0693. The third-order valence-corrected chi connectivity index (χ3v) is 3.94. The molecule has 1 aliphatic heterocycles. The van der Waals surface area contributed by atoms with Crippen molar-refractivity contribution in [3.8, 4) is 0 Å². The summed E-state index contributed by atoms with van der Waals surface area (Å²) in [4.78, 5) is 37.1. The van der Waals surface area contributed by atoms with Crippen LogP contribution >= 0.6 is 11.6 Å². The molecule has 2 aromatic rings. The van der Waals surface area contributed by atoms with Crippen molar-refractivity contribution < 1.29 is 14.4 Å². The molecule has 0 bridgehead atoms. The standard InChI is InChI=1S/C16H12ClN3O3/c1-20-15(22)10-4-2-8(6-11(10)16(20)23)14(21)19-9-3-5-13(18)12(17)7-9/h2-7H,18H2,1H3,(H,19,21). The molecule has 0 aliphatic carbocycles. The molecule has 3 N–H and O–H groups in total. The molecule has 1 heterocycles. The molecular formula is C16H12ClN3O3. The maximum Gasteiger partial charge on any atom is 0.261 e. The van der Waals surface area contributed by atoms with E-state index in [1.807, 2.05) is 0 Å². The van der Waals surface area contributed by atoms with Gasteiger partial charge in [0.05, 0.1) is 21.8 Å². The number of carbonyl (C=O) groups is 3. The van der Waals surface area contributed by atoms with Crippen molar-refractivity contribution in [1.82, 2.24) is 4.90 Å². The van der Waals surface area contributed by atoms with Crippen LogP contribution < -0.4 is 11.1 Å². The van der Waals surface area contributed by atoms with E-state index in [0.717, 1.165) is 4.90 Å². The lowest BCUT2D eigenvalue weighted by Gasteiger charge is -2.07. The predicted molar refractivity (Wildman–Crippen MR) is 86.7 cm³/mol. The molecule has 0 aromatic heterocycles. The summed E-state index contributed by atoms with van der Waals surface area (Å²) >= 11 is 5.91. The van der Waals surface area contributed by atoms with Gasteiger partial charge in [-0.15, -0.1) is 0 Å². The highest BCUT2D eigenvalue weighted by atomic mass is 35.5. The van der Waals surface area contributed by atoms with Crippen molar-refractivity contribution in [3.05, 3.63) is 58.1 Å². The topological polar surface area (TPSA) is 92.5 Å². The summed E-state index contributed by atoms with van der Waals surface area (Å²) in [6, 6.07) is 9.12. The summed E-state index contributed by atoms with van der Waals surface area (Å²) < 4.78 is 0. The fourth-order valence-electron chi connectivity index (χ4n) is 2.31. The number of imide groups is 1. The van der Waals surface area contributed by atoms with Crippen LogP contribution in [-0.2, 0) is 0 Å². The van der Waals surface area contributed by atoms with Crippen molar-refractivity contribution in [3.63, 3.8) is 0 Å². The summed E-state index contributed by atoms with van der Waals surface area (Å²) in [5.41, 5.74) is 7.30. The van der Waals surface area contributed by atoms with Gasteiger partial charge in [-0.25, -0.2) is 0 Å². The van der Waals surface area contributed by atoms with Gasteiger partial charge in [0.15, 0.2) is 0 Å². The zero-order valence-electron chi connectivity index (χ0n) is 12.1. The van der Waals surface area contributed by atoms with Crippen molar-refractivity contribution in [2.75, 3.05) is 18.1 Å². The molecule has 0 spiro atoms. The molecule has 0 unspecified atom stereocenters. The van der Waals surface area contributed by atoms with E-state index in [1.54, 1.807) is 12.1 Å². The number of hydrogen-bond donors (Lipinski definition) is 2. The molecule has 6 nitrogen and oxygen atoms in total. The second kappa shape index (κ2) is 5.40. The molecule has 0 saturated heterocycles. The van der Waals surface area contributed by atoms with Gasteiger partial charge >= 0.3 is 0 Å². The zero-order chi connectivity index (χ0) is 16.7. The maximum absolute atomic E-state index is 12.3. The molecule has 2 aromatic carbocycles. The number of fused-ring (bicyclic) bond motifs is 1. The Hall–Kier alpha value is -2.86. The Balaban J connectivity index is 1.88. The van der Waals surface area contributed by atoms with Crippen LogP contribution in [0.4, 0.5) is 11.4 Å². The normalized spacial score (nSPS) is 13.2. The fourth-order valence-corrected chi connectivity index (χ4v) is 2.49. The Kier molecular flexibility index (Phi) is 3.54. The molecule has 3 amide bonds. The highest BCUT2D eigenvalue weighted by Gasteiger charge is 2.33. The number of anilines is 2. The number of rotatable bonds is 2. The van der Waals surface area contributed by atoms with Gasteiger partial charge in [-0.05, 0) is 36.4 Å². The smallest absolute Gasteiger partial charge is 0.261 e. The van der Waals surface area contributed by atoms with Crippen molar-refractivity contribution >= 4 is 40.7 Å². The Morgan fingerprint density at radius 3 is 2.48 bits per heavy atom. The SMILES string of the molecule is CN1C(=O)c2ccc(C(=O)Nc3ccc(N)c(Cl)c3)cc2C1=O. The average molecular weight is 330 g/mol. The first-order chi connectivity index (χ1) is 10.9. The van der Waals surface area contributed by atoms with Crippen molar-refractivity contribution in [2.45, 2.75) is 0 Å². The third-order valence-electron chi connectivity index (χ3n) is 3.61. The molecule has 7 heteroatoms. The van der Waals surface area contributed by atoms with E-state index in [-0.39, 0.29) is 17.0 Å². The molecule has 23 heavy (non-hydrogen) atoms. The van der Waals surface area contributed by atoms with Crippen LogP contribution in [0.25, 0.3) is 0 Å². The molecule has 0 radical (unpaired) electrons. The van der Waals surface area contributed by atoms with E-state index in [0.29, 0.717) is 22.0 Å². The van der Waals surface area contributed by atoms with Gasteiger partial charge in [-0.3, -0.25) is 19.3 Å². The number of amides is 3. The molecule has 0 saturated carbocycles. The van der Waals surface area contributed by atoms with Gasteiger partial charge in [0, 0.05) is 18.3 Å². The highest BCUT2D eigenvalue weighted by Crippen LogP contribution is 2.25. The van der Waals surface area contributed by atoms with Crippen LogP contribution in [0.2, 0.25) is 5.02 Å². The minimum atomic E-state index is -0.421. The Morgan fingerprint density at radius 2 is 1.78 bits per heavy atom. The lowest BCUT2D eigenvalue weighted by Crippen LogP contribution is -2.24. The first-order valence-corrected chi connectivity index (χ1v) is 7.09. The minimum absolute atomic E-state index is 0.223. The molecular weight excluding hydrogens is 318 g/mol. The van der Waals surface area contributed by atoms with E-state index >= 15 is 0 Å². The molecule has 0 atom stereocenters. The number of nitrogen functional groups attached to an aromatic ring is 1. The summed E-state index contributed by atoms with van der Waals surface area (Å²) in [6.07, 6.45) is 0. The fraction of sp³-hybridized carbons (Fsp3) is 0.0625. The third kappa shape index (κ3) is 2.53. The van der Waals surface area contributed by atoms with Gasteiger partial charge in [-0.1, -0.05) is 11.6 Å². The van der Waals surface area contributed by atoms with Crippen LogP contribution in [0.15, 0.2) is 36.4 Å². The Bertz CT molecular complexity index is 864. The van der Waals surface area contributed by atoms with E-state index in [9.17, 15) is 14.4 Å². The quantitative estimate of drug-likeness (QED) is 0.653.